The number of piperidine rings is 1. The van der Waals surface area contributed by atoms with Crippen LogP contribution in [0.2, 0.25) is 0 Å². The number of sulfonamides is 1. The third kappa shape index (κ3) is 7.29. The molecule has 2 aliphatic rings. The molecule has 0 unspecified atom stereocenters. The molecule has 4 rings (SSSR count). The molecule has 2 aromatic rings. The second kappa shape index (κ2) is 12.0. The summed E-state index contributed by atoms with van der Waals surface area (Å²) < 4.78 is 41.7. The van der Waals surface area contributed by atoms with Crippen LogP contribution in [0.5, 0.6) is 0 Å². The van der Waals surface area contributed by atoms with Crippen LogP contribution in [0.4, 0.5) is 14.9 Å². The van der Waals surface area contributed by atoms with Gasteiger partial charge in [-0.1, -0.05) is 12.1 Å². The van der Waals surface area contributed by atoms with Crippen LogP contribution in [-0.4, -0.2) is 44.4 Å². The smallest absolute Gasteiger partial charge is 0.321 e. The van der Waals surface area contributed by atoms with E-state index in [9.17, 15) is 22.4 Å². The van der Waals surface area contributed by atoms with Crippen LogP contribution in [-0.2, 0) is 14.8 Å². The molecule has 1 aliphatic heterocycles. The molecule has 0 aromatic heterocycles. The zero-order chi connectivity index (χ0) is 26.4. The van der Waals surface area contributed by atoms with Gasteiger partial charge in [-0.3, -0.25) is 4.79 Å². The van der Waals surface area contributed by atoms with Crippen LogP contribution < -0.4 is 15.4 Å². The molecule has 1 atom stereocenters. The maximum Gasteiger partial charge on any atom is 0.321 e. The van der Waals surface area contributed by atoms with Crippen LogP contribution >= 0.6 is 0 Å². The third-order valence-electron chi connectivity index (χ3n) is 7.21. The first-order valence-corrected chi connectivity index (χ1v) is 14.4. The van der Waals surface area contributed by atoms with E-state index in [0.29, 0.717) is 31.4 Å². The molecule has 1 aliphatic carbocycles. The van der Waals surface area contributed by atoms with Gasteiger partial charge in [0.1, 0.15) is 5.82 Å². The molecule has 2 fully saturated rings. The maximum absolute atomic E-state index is 13.1. The zero-order valence-electron chi connectivity index (χ0n) is 21.1. The number of benzene rings is 2. The van der Waals surface area contributed by atoms with Crippen LogP contribution in [0.15, 0.2) is 53.4 Å². The lowest BCUT2D eigenvalue weighted by Crippen LogP contribution is -2.41. The number of carbonyl (C=O) groups is 2. The molecule has 3 N–H and O–H groups in total. The summed E-state index contributed by atoms with van der Waals surface area (Å²) >= 11 is 0. The van der Waals surface area contributed by atoms with Crippen molar-refractivity contribution in [3.05, 3.63) is 59.9 Å². The van der Waals surface area contributed by atoms with Gasteiger partial charge >= 0.3 is 6.03 Å². The molecule has 200 valence electrons. The van der Waals surface area contributed by atoms with Gasteiger partial charge in [-0.25, -0.2) is 22.3 Å². The Morgan fingerprint density at radius 1 is 0.919 bits per heavy atom. The molecule has 0 radical (unpaired) electrons. The van der Waals surface area contributed by atoms with Crippen LogP contribution in [0.3, 0.4) is 0 Å². The first-order valence-electron chi connectivity index (χ1n) is 13.0. The monoisotopic (exact) mass is 530 g/mol. The van der Waals surface area contributed by atoms with E-state index in [2.05, 4.69) is 15.4 Å². The minimum atomic E-state index is -3.73. The number of anilines is 1. The van der Waals surface area contributed by atoms with Gasteiger partial charge in [0.05, 0.1) is 10.9 Å². The van der Waals surface area contributed by atoms with Crippen LogP contribution in [0.1, 0.15) is 63.5 Å². The predicted octanol–water partition coefficient (Wildman–Crippen LogP) is 4.56. The van der Waals surface area contributed by atoms with Crippen LogP contribution in [0.25, 0.3) is 0 Å². The van der Waals surface area contributed by atoms with E-state index in [1.54, 1.807) is 29.2 Å². The van der Waals surface area contributed by atoms with Crippen molar-refractivity contribution in [2.45, 2.75) is 68.8 Å². The highest BCUT2D eigenvalue weighted by Gasteiger charge is 2.30. The van der Waals surface area contributed by atoms with Crippen LogP contribution in [0, 0.1) is 11.7 Å². The summed E-state index contributed by atoms with van der Waals surface area (Å²) in [5.41, 5.74) is 1.38. The maximum atomic E-state index is 13.1. The summed E-state index contributed by atoms with van der Waals surface area (Å²) in [4.78, 5) is 27.0. The summed E-state index contributed by atoms with van der Waals surface area (Å²) in [5.74, 6) is -0.578. The van der Waals surface area contributed by atoms with Gasteiger partial charge in [0.25, 0.3) is 0 Å². The van der Waals surface area contributed by atoms with Gasteiger partial charge < -0.3 is 15.5 Å². The van der Waals surface area contributed by atoms with Gasteiger partial charge in [-0.05, 0) is 93.8 Å². The summed E-state index contributed by atoms with van der Waals surface area (Å²) in [5, 5.41) is 5.81. The van der Waals surface area contributed by atoms with Crippen molar-refractivity contribution in [2.24, 2.45) is 5.92 Å². The fourth-order valence-electron chi connectivity index (χ4n) is 4.94. The molecular weight excluding hydrogens is 495 g/mol. The first kappa shape index (κ1) is 27.1. The van der Waals surface area contributed by atoms with Crippen molar-refractivity contribution in [3.8, 4) is 0 Å². The molecule has 0 spiro atoms. The molecule has 1 heterocycles. The quantitative estimate of drug-likeness (QED) is 0.488. The zero-order valence-corrected chi connectivity index (χ0v) is 21.9. The fourth-order valence-corrected chi connectivity index (χ4v) is 6.25. The summed E-state index contributed by atoms with van der Waals surface area (Å²) in [6.45, 7) is 3.33. The highest BCUT2D eigenvalue weighted by Crippen LogP contribution is 2.27. The molecule has 1 saturated carbocycles. The van der Waals surface area contributed by atoms with E-state index in [1.807, 2.05) is 6.92 Å². The predicted molar refractivity (Wildman–Crippen MR) is 140 cm³/mol. The van der Waals surface area contributed by atoms with Gasteiger partial charge in [0.2, 0.25) is 15.9 Å². The van der Waals surface area contributed by atoms with Crippen molar-refractivity contribution in [3.63, 3.8) is 0 Å². The number of carbonyl (C=O) groups excluding carboxylic acids is 2. The van der Waals surface area contributed by atoms with Gasteiger partial charge in [-0.2, -0.15) is 0 Å². The van der Waals surface area contributed by atoms with Gasteiger partial charge in [0, 0.05) is 30.7 Å². The lowest BCUT2D eigenvalue weighted by Gasteiger charge is -2.29. The summed E-state index contributed by atoms with van der Waals surface area (Å²) in [7, 11) is -3.73. The van der Waals surface area contributed by atoms with E-state index in [-0.39, 0.29) is 40.7 Å². The molecule has 37 heavy (non-hydrogen) atoms. The van der Waals surface area contributed by atoms with Crippen molar-refractivity contribution >= 4 is 27.6 Å². The number of hydrogen-bond acceptors (Lipinski definition) is 4. The molecule has 3 amide bonds. The second-order valence-corrected chi connectivity index (χ2v) is 11.7. The SMILES string of the molecule is C[C@@H](NC(=O)C1CCC(NS(=O)(=O)c2ccc(NC(=O)N3CCCCC3)cc2)CC1)c1ccc(F)cc1. The molecule has 1 saturated heterocycles. The normalized spacial score (nSPS) is 21.2. The van der Waals surface area contributed by atoms with Gasteiger partial charge in [0.15, 0.2) is 0 Å². The molecule has 10 heteroatoms. The summed E-state index contributed by atoms with van der Waals surface area (Å²) in [6, 6.07) is 11.6. The minimum Gasteiger partial charge on any atom is -0.349 e. The van der Waals surface area contributed by atoms with Crippen molar-refractivity contribution in [2.75, 3.05) is 18.4 Å². The summed E-state index contributed by atoms with van der Waals surface area (Å²) in [6.07, 6.45) is 5.41. The average molecular weight is 531 g/mol. The average Bonchev–Trinajstić information content (AvgIpc) is 2.90. The molecule has 0 bridgehead atoms. The molecule has 2 aromatic carbocycles. The highest BCUT2D eigenvalue weighted by molar-refractivity contribution is 7.89. The van der Waals surface area contributed by atoms with E-state index < -0.39 is 10.0 Å². The van der Waals surface area contributed by atoms with E-state index in [1.165, 1.54) is 24.3 Å². The van der Waals surface area contributed by atoms with E-state index in [0.717, 1.165) is 37.9 Å². The van der Waals surface area contributed by atoms with Gasteiger partial charge in [-0.15, -0.1) is 0 Å². The number of nitrogens with one attached hydrogen (secondary N) is 3. The Kier molecular flexibility index (Phi) is 8.81. The van der Waals surface area contributed by atoms with Crippen molar-refractivity contribution in [1.29, 1.82) is 0 Å². The van der Waals surface area contributed by atoms with Crippen molar-refractivity contribution < 1.29 is 22.4 Å². The Bertz CT molecular complexity index is 1170. The Morgan fingerprint density at radius 2 is 1.54 bits per heavy atom. The third-order valence-corrected chi connectivity index (χ3v) is 8.74. The topological polar surface area (TPSA) is 108 Å². The Hall–Kier alpha value is -2.98. The highest BCUT2D eigenvalue weighted by atomic mass is 32.2. The number of urea groups is 1. The number of likely N-dealkylation sites (tertiary alicyclic amines) is 1. The Labute approximate surface area is 218 Å². The Morgan fingerprint density at radius 3 is 2.16 bits per heavy atom. The van der Waals surface area contributed by atoms with E-state index >= 15 is 0 Å². The first-order chi connectivity index (χ1) is 17.7. The Balaban J connectivity index is 1.25. The number of nitrogens with zero attached hydrogens (tertiary/aromatic N) is 1. The number of hydrogen-bond donors (Lipinski definition) is 3. The minimum absolute atomic E-state index is 0.0691. The molecular formula is C27H35FN4O4S. The van der Waals surface area contributed by atoms with Crippen molar-refractivity contribution in [1.82, 2.24) is 14.9 Å². The molecule has 8 nitrogen and oxygen atoms in total. The number of amides is 3. The second-order valence-electron chi connectivity index (χ2n) is 9.95. The lowest BCUT2D eigenvalue weighted by atomic mass is 9.85. The van der Waals surface area contributed by atoms with E-state index in [4.69, 9.17) is 0 Å². The number of halogens is 1. The number of rotatable bonds is 7. The lowest BCUT2D eigenvalue weighted by molar-refractivity contribution is -0.126. The fraction of sp³-hybridized carbons (Fsp3) is 0.481. The largest absolute Gasteiger partial charge is 0.349 e. The standard InChI is InChI=1S/C27H35FN4O4S/c1-19(20-5-9-22(28)10-6-20)29-26(33)21-7-11-24(12-8-21)31-37(35,36)25-15-13-23(14-16-25)30-27(34)32-17-3-2-4-18-32/h5-6,9-10,13-16,19,21,24,31H,2-4,7-8,11-12,17-18H2,1H3,(H,29,33)(H,30,34)/t19-,21?,24?/m1/s1.